The van der Waals surface area contributed by atoms with Gasteiger partial charge in [0.2, 0.25) is 0 Å². The van der Waals surface area contributed by atoms with Crippen LogP contribution in [0.5, 0.6) is 0 Å². The first kappa shape index (κ1) is 16.6. The number of aromatic nitrogens is 1. The molecule has 2 aromatic rings. The van der Waals surface area contributed by atoms with Gasteiger partial charge in [0.25, 0.3) is 5.91 Å². The average Bonchev–Trinajstić information content (AvgIpc) is 3.17. The van der Waals surface area contributed by atoms with Crippen molar-refractivity contribution < 1.29 is 9.53 Å². The summed E-state index contributed by atoms with van der Waals surface area (Å²) >= 11 is 0. The molecule has 0 aliphatic carbocycles. The second-order valence-corrected chi connectivity index (χ2v) is 7.87. The van der Waals surface area contributed by atoms with Crippen molar-refractivity contribution in [3.63, 3.8) is 0 Å². The number of rotatable bonds is 3. The third kappa shape index (κ3) is 2.96. The minimum atomic E-state index is 0.157. The maximum absolute atomic E-state index is 13.2. The van der Waals surface area contributed by atoms with E-state index in [0.717, 1.165) is 62.2 Å². The third-order valence-electron chi connectivity index (χ3n) is 5.99. The summed E-state index contributed by atoms with van der Waals surface area (Å²) in [4.78, 5) is 20.8. The van der Waals surface area contributed by atoms with Gasteiger partial charge in [0.05, 0.1) is 5.56 Å². The van der Waals surface area contributed by atoms with Crippen molar-refractivity contribution in [3.05, 3.63) is 36.0 Å². The Balaban J connectivity index is 1.61. The van der Waals surface area contributed by atoms with Gasteiger partial charge in [-0.05, 0) is 44.3 Å². The molecule has 1 atom stereocenters. The highest BCUT2D eigenvalue weighted by Crippen LogP contribution is 2.45. The van der Waals surface area contributed by atoms with Crippen LogP contribution in [0.25, 0.3) is 10.9 Å². The number of hydrogen-bond acceptors (Lipinski definition) is 3. The lowest BCUT2D eigenvalue weighted by Crippen LogP contribution is -2.40. The average molecular weight is 341 g/mol. The molecule has 2 fully saturated rings. The van der Waals surface area contributed by atoms with E-state index in [1.54, 1.807) is 0 Å². The van der Waals surface area contributed by atoms with Crippen LogP contribution in [0.15, 0.2) is 30.5 Å². The lowest BCUT2D eigenvalue weighted by molar-refractivity contribution is -0.00451. The molecule has 2 aliphatic heterocycles. The summed E-state index contributed by atoms with van der Waals surface area (Å²) in [5.74, 6) is 0.671. The van der Waals surface area contributed by atoms with E-state index in [0.29, 0.717) is 5.92 Å². The monoisotopic (exact) mass is 341 g/mol. The first-order valence-corrected chi connectivity index (χ1v) is 9.17. The van der Waals surface area contributed by atoms with Crippen LogP contribution in [0.3, 0.4) is 0 Å². The number of nitrogens with zero attached hydrogens (tertiary/aromatic N) is 2. The minimum absolute atomic E-state index is 0.157. The van der Waals surface area contributed by atoms with Crippen LogP contribution in [0.1, 0.15) is 23.2 Å². The molecule has 1 aromatic heterocycles. The van der Waals surface area contributed by atoms with Gasteiger partial charge in [0.1, 0.15) is 0 Å². The van der Waals surface area contributed by atoms with E-state index in [1.807, 2.05) is 30.5 Å². The van der Waals surface area contributed by atoms with E-state index in [4.69, 9.17) is 4.74 Å². The molecule has 134 valence electrons. The molecule has 0 radical (unpaired) electrons. The van der Waals surface area contributed by atoms with E-state index in [9.17, 15) is 4.79 Å². The summed E-state index contributed by atoms with van der Waals surface area (Å²) in [5.41, 5.74) is 2.03. The van der Waals surface area contributed by atoms with E-state index >= 15 is 0 Å². The Morgan fingerprint density at radius 3 is 2.84 bits per heavy atom. The molecule has 1 amide bonds. The van der Waals surface area contributed by atoms with E-state index in [-0.39, 0.29) is 11.3 Å². The van der Waals surface area contributed by atoms with Crippen LogP contribution in [0, 0.1) is 11.3 Å². The first-order chi connectivity index (χ1) is 12.1. The molecule has 2 aliphatic rings. The molecule has 0 saturated carbocycles. The summed E-state index contributed by atoms with van der Waals surface area (Å²) < 4.78 is 5.61. The molecule has 1 N–H and O–H groups in total. The van der Waals surface area contributed by atoms with Crippen molar-refractivity contribution in [2.24, 2.45) is 11.3 Å². The first-order valence-electron chi connectivity index (χ1n) is 9.17. The number of carbonyl (C=O) groups is 1. The lowest BCUT2D eigenvalue weighted by atomic mass is 9.72. The van der Waals surface area contributed by atoms with Gasteiger partial charge in [0.15, 0.2) is 0 Å². The predicted octanol–water partition coefficient (Wildman–Crippen LogP) is 2.60. The van der Waals surface area contributed by atoms with Crippen LogP contribution in [-0.4, -0.2) is 67.6 Å². The number of nitrogens with one attached hydrogen (secondary N) is 1. The number of amides is 1. The van der Waals surface area contributed by atoms with Gasteiger partial charge in [-0.2, -0.15) is 0 Å². The van der Waals surface area contributed by atoms with Gasteiger partial charge in [-0.25, -0.2) is 0 Å². The van der Waals surface area contributed by atoms with Crippen LogP contribution >= 0.6 is 0 Å². The van der Waals surface area contributed by atoms with Crippen LogP contribution in [0.2, 0.25) is 0 Å². The van der Waals surface area contributed by atoms with Crippen molar-refractivity contribution in [3.8, 4) is 0 Å². The highest BCUT2D eigenvalue weighted by molar-refractivity contribution is 6.06. The molecule has 5 heteroatoms. The SMILES string of the molecule is CN(C)C[C@H]1CN(C(=O)c2c[nH]c3ccccc23)CC12CCOCC2. The molecule has 4 rings (SSSR count). The van der Waals surface area contributed by atoms with Crippen LogP contribution in [-0.2, 0) is 4.74 Å². The fourth-order valence-electron chi connectivity index (χ4n) is 4.64. The van der Waals surface area contributed by atoms with Gasteiger partial charge < -0.3 is 19.5 Å². The third-order valence-corrected chi connectivity index (χ3v) is 5.99. The molecule has 2 saturated heterocycles. The van der Waals surface area contributed by atoms with Crippen molar-refractivity contribution in [1.29, 1.82) is 0 Å². The highest BCUT2D eigenvalue weighted by atomic mass is 16.5. The number of likely N-dealkylation sites (tertiary alicyclic amines) is 1. The molecular formula is C20H27N3O2. The predicted molar refractivity (Wildman–Crippen MR) is 98.7 cm³/mol. The van der Waals surface area contributed by atoms with Crippen molar-refractivity contribution in [2.45, 2.75) is 12.8 Å². The molecule has 3 heterocycles. The normalized spacial score (nSPS) is 23.0. The molecular weight excluding hydrogens is 314 g/mol. The molecule has 5 nitrogen and oxygen atoms in total. The van der Waals surface area contributed by atoms with Crippen molar-refractivity contribution >= 4 is 16.8 Å². The Labute approximate surface area is 148 Å². The summed E-state index contributed by atoms with van der Waals surface area (Å²) in [7, 11) is 4.24. The van der Waals surface area contributed by atoms with Gasteiger partial charge in [-0.15, -0.1) is 0 Å². The fraction of sp³-hybridized carbons (Fsp3) is 0.550. The van der Waals surface area contributed by atoms with Crippen LogP contribution < -0.4 is 0 Å². The zero-order chi connectivity index (χ0) is 17.4. The molecule has 1 aromatic carbocycles. The Hall–Kier alpha value is -1.85. The summed E-state index contributed by atoms with van der Waals surface area (Å²) in [6, 6.07) is 8.03. The number of carbonyl (C=O) groups excluding carboxylic acids is 1. The number of fused-ring (bicyclic) bond motifs is 1. The number of hydrogen-bond donors (Lipinski definition) is 1. The highest BCUT2D eigenvalue weighted by Gasteiger charge is 2.48. The van der Waals surface area contributed by atoms with Crippen LogP contribution in [0.4, 0.5) is 0 Å². The van der Waals surface area contributed by atoms with Gasteiger partial charge in [0, 0.05) is 49.9 Å². The summed E-state index contributed by atoms with van der Waals surface area (Å²) in [5, 5.41) is 1.02. The number of benzene rings is 1. The largest absolute Gasteiger partial charge is 0.381 e. The van der Waals surface area contributed by atoms with Crippen molar-refractivity contribution in [2.75, 3.05) is 46.9 Å². The molecule has 0 bridgehead atoms. The molecule has 0 unspecified atom stereocenters. The Bertz CT molecular complexity index is 761. The van der Waals surface area contributed by atoms with E-state index in [1.165, 1.54) is 0 Å². The Morgan fingerprint density at radius 1 is 1.32 bits per heavy atom. The van der Waals surface area contributed by atoms with Gasteiger partial charge in [-0.3, -0.25) is 4.79 Å². The number of para-hydroxylation sites is 1. The topological polar surface area (TPSA) is 48.6 Å². The smallest absolute Gasteiger partial charge is 0.256 e. The fourth-order valence-corrected chi connectivity index (χ4v) is 4.64. The summed E-state index contributed by atoms with van der Waals surface area (Å²) in [6.07, 6.45) is 3.98. The lowest BCUT2D eigenvalue weighted by Gasteiger charge is -2.38. The Morgan fingerprint density at radius 2 is 2.08 bits per heavy atom. The second-order valence-electron chi connectivity index (χ2n) is 7.87. The quantitative estimate of drug-likeness (QED) is 0.933. The van der Waals surface area contributed by atoms with E-state index in [2.05, 4.69) is 28.9 Å². The van der Waals surface area contributed by atoms with Gasteiger partial charge >= 0.3 is 0 Å². The zero-order valence-electron chi connectivity index (χ0n) is 15.1. The number of H-pyrrole nitrogens is 1. The zero-order valence-corrected chi connectivity index (χ0v) is 15.1. The molecule has 25 heavy (non-hydrogen) atoms. The summed E-state index contributed by atoms with van der Waals surface area (Å²) in [6.45, 7) is 4.36. The minimum Gasteiger partial charge on any atom is -0.381 e. The van der Waals surface area contributed by atoms with E-state index < -0.39 is 0 Å². The number of ether oxygens (including phenoxy) is 1. The molecule has 1 spiro atoms. The maximum atomic E-state index is 13.2. The maximum Gasteiger partial charge on any atom is 0.256 e. The second kappa shape index (κ2) is 6.46. The number of aromatic amines is 1. The standard InChI is InChI=1S/C20H27N3O2/c1-22(2)12-15-13-23(14-20(15)7-9-25-10-8-20)19(24)17-11-21-18-6-4-3-5-16(17)18/h3-6,11,15,21H,7-10,12-14H2,1-2H3/t15-/m0/s1. The van der Waals surface area contributed by atoms with Gasteiger partial charge in [-0.1, -0.05) is 18.2 Å². The van der Waals surface area contributed by atoms with Crippen molar-refractivity contribution in [1.82, 2.24) is 14.8 Å². The Kier molecular flexibility index (Phi) is 4.29.